The monoisotopic (exact) mass is 289 g/mol. The molecule has 2 amide bonds. The van der Waals surface area contributed by atoms with Gasteiger partial charge in [0, 0.05) is 17.1 Å². The zero-order chi connectivity index (χ0) is 14.3. The van der Waals surface area contributed by atoms with Gasteiger partial charge in [-0.05, 0) is 24.7 Å². The van der Waals surface area contributed by atoms with Crippen LogP contribution in [0.2, 0.25) is 0 Å². The van der Waals surface area contributed by atoms with Crippen molar-refractivity contribution >= 4 is 23.6 Å². The van der Waals surface area contributed by atoms with Gasteiger partial charge in [-0.2, -0.15) is 11.8 Å². The van der Waals surface area contributed by atoms with Crippen molar-refractivity contribution in [1.82, 2.24) is 5.32 Å². The molecule has 0 aromatic heterocycles. The first-order valence-electron chi connectivity index (χ1n) is 7.05. The Kier molecular flexibility index (Phi) is 3.36. The number of hydrogen-bond donors (Lipinski definition) is 1. The summed E-state index contributed by atoms with van der Waals surface area (Å²) in [7, 11) is 0. The molecule has 3 rings (SSSR count). The van der Waals surface area contributed by atoms with Crippen LogP contribution in [0.1, 0.15) is 36.8 Å². The van der Waals surface area contributed by atoms with Crippen LogP contribution in [0.15, 0.2) is 24.3 Å². The Morgan fingerprint density at radius 1 is 1.35 bits per heavy atom. The van der Waals surface area contributed by atoms with Crippen LogP contribution >= 0.6 is 11.8 Å². The van der Waals surface area contributed by atoms with E-state index in [1.54, 1.807) is 0 Å². The quantitative estimate of drug-likeness (QED) is 0.808. The molecule has 106 valence electrons. The Morgan fingerprint density at radius 3 is 2.80 bits per heavy atom. The number of benzene rings is 1. The fraction of sp³-hybridized carbons (Fsp3) is 0.500. The maximum atomic E-state index is 12.5. The van der Waals surface area contributed by atoms with Crippen LogP contribution in [0.3, 0.4) is 0 Å². The Hall–Kier alpha value is -1.29. The van der Waals surface area contributed by atoms with Crippen LogP contribution in [-0.2, 0) is 9.59 Å². The minimum atomic E-state index is -0.210. The van der Waals surface area contributed by atoms with E-state index in [1.807, 2.05) is 36.9 Å². The molecule has 0 bridgehead atoms. The number of carbonyl (C=O) groups is 2. The molecule has 2 aliphatic heterocycles. The van der Waals surface area contributed by atoms with Crippen molar-refractivity contribution in [2.24, 2.45) is 5.41 Å². The third-order valence-electron chi connectivity index (χ3n) is 4.71. The molecule has 1 aromatic rings. The molecule has 20 heavy (non-hydrogen) atoms. The standard InChI is InChI=1S/C16H19NO2S/c1-10-4-3-5-12(8-10)14-15(19)17-13(18)9-16(14)6-7-20-11(16)2/h3-5,8,11,14H,6-7,9H2,1-2H3,(H,17,18,19). The summed E-state index contributed by atoms with van der Waals surface area (Å²) in [6.07, 6.45) is 1.40. The number of thioether (sulfide) groups is 1. The van der Waals surface area contributed by atoms with Crippen LogP contribution in [0.5, 0.6) is 0 Å². The molecule has 1 N–H and O–H groups in total. The maximum absolute atomic E-state index is 12.5. The number of aryl methyl sites for hydroxylation is 1. The van der Waals surface area contributed by atoms with Gasteiger partial charge < -0.3 is 0 Å². The lowest BCUT2D eigenvalue weighted by molar-refractivity contribution is -0.140. The third kappa shape index (κ3) is 2.06. The zero-order valence-corrected chi connectivity index (χ0v) is 12.6. The average molecular weight is 289 g/mol. The van der Waals surface area contributed by atoms with Gasteiger partial charge in [-0.3, -0.25) is 14.9 Å². The van der Waals surface area contributed by atoms with Crippen molar-refractivity contribution in [2.45, 2.75) is 37.9 Å². The molecule has 4 heteroatoms. The molecule has 0 saturated carbocycles. The molecule has 3 unspecified atom stereocenters. The second kappa shape index (κ2) is 4.92. The summed E-state index contributed by atoms with van der Waals surface area (Å²) < 4.78 is 0. The highest BCUT2D eigenvalue weighted by atomic mass is 32.2. The number of amides is 2. The largest absolute Gasteiger partial charge is 0.296 e. The summed E-state index contributed by atoms with van der Waals surface area (Å²) in [5.74, 6) is 0.587. The molecule has 1 aromatic carbocycles. The van der Waals surface area contributed by atoms with Gasteiger partial charge in [0.15, 0.2) is 0 Å². The fourth-order valence-corrected chi connectivity index (χ4v) is 5.18. The summed E-state index contributed by atoms with van der Waals surface area (Å²) >= 11 is 1.88. The van der Waals surface area contributed by atoms with Crippen LogP contribution in [-0.4, -0.2) is 22.8 Å². The number of rotatable bonds is 1. The average Bonchev–Trinajstić information content (AvgIpc) is 2.70. The first kappa shape index (κ1) is 13.7. The molecule has 2 aliphatic rings. The van der Waals surface area contributed by atoms with Crippen molar-refractivity contribution < 1.29 is 9.59 Å². The second-order valence-electron chi connectivity index (χ2n) is 5.93. The normalized spacial score (nSPS) is 33.5. The van der Waals surface area contributed by atoms with E-state index in [9.17, 15) is 9.59 Å². The molecule has 0 radical (unpaired) electrons. The van der Waals surface area contributed by atoms with Crippen LogP contribution in [0, 0.1) is 12.3 Å². The smallest absolute Gasteiger partial charge is 0.234 e. The van der Waals surface area contributed by atoms with E-state index in [0.29, 0.717) is 11.7 Å². The van der Waals surface area contributed by atoms with Crippen molar-refractivity contribution in [2.75, 3.05) is 5.75 Å². The molecule has 3 atom stereocenters. The number of imide groups is 1. The van der Waals surface area contributed by atoms with E-state index >= 15 is 0 Å². The van der Waals surface area contributed by atoms with Gasteiger partial charge in [-0.15, -0.1) is 0 Å². The Morgan fingerprint density at radius 2 is 2.15 bits per heavy atom. The van der Waals surface area contributed by atoms with Crippen molar-refractivity contribution in [3.63, 3.8) is 0 Å². The maximum Gasteiger partial charge on any atom is 0.234 e. The van der Waals surface area contributed by atoms with Gasteiger partial charge in [-0.1, -0.05) is 36.8 Å². The van der Waals surface area contributed by atoms with Gasteiger partial charge in [-0.25, -0.2) is 0 Å². The highest BCUT2D eigenvalue weighted by Gasteiger charge is 2.54. The predicted molar refractivity (Wildman–Crippen MR) is 80.7 cm³/mol. The van der Waals surface area contributed by atoms with Gasteiger partial charge in [0.05, 0.1) is 5.92 Å². The summed E-state index contributed by atoms with van der Waals surface area (Å²) in [5.41, 5.74) is 1.99. The Labute approximate surface area is 123 Å². The first-order valence-corrected chi connectivity index (χ1v) is 8.10. The summed E-state index contributed by atoms with van der Waals surface area (Å²) in [6.45, 7) is 4.20. The highest BCUT2D eigenvalue weighted by Crippen LogP contribution is 2.55. The molecular weight excluding hydrogens is 270 g/mol. The van der Waals surface area contributed by atoms with Crippen molar-refractivity contribution in [3.8, 4) is 0 Å². The van der Waals surface area contributed by atoms with Crippen molar-refractivity contribution in [1.29, 1.82) is 0 Å². The van der Waals surface area contributed by atoms with Crippen LogP contribution in [0.4, 0.5) is 0 Å². The van der Waals surface area contributed by atoms with Gasteiger partial charge >= 0.3 is 0 Å². The molecule has 1 spiro atoms. The first-order chi connectivity index (χ1) is 9.53. The lowest BCUT2D eigenvalue weighted by atomic mass is 9.64. The van der Waals surface area contributed by atoms with Gasteiger partial charge in [0.25, 0.3) is 0 Å². The summed E-state index contributed by atoms with van der Waals surface area (Å²) in [6, 6.07) is 8.13. The second-order valence-corrected chi connectivity index (χ2v) is 7.38. The van der Waals surface area contributed by atoms with Crippen LogP contribution in [0.25, 0.3) is 0 Å². The molecule has 2 saturated heterocycles. The predicted octanol–water partition coefficient (Wildman–Crippen LogP) is 2.64. The number of hydrogen-bond acceptors (Lipinski definition) is 3. The molecule has 2 heterocycles. The highest BCUT2D eigenvalue weighted by molar-refractivity contribution is 8.00. The van der Waals surface area contributed by atoms with E-state index in [1.165, 1.54) is 0 Å². The van der Waals surface area contributed by atoms with Gasteiger partial charge in [0.2, 0.25) is 11.8 Å². The zero-order valence-electron chi connectivity index (χ0n) is 11.8. The Balaban J connectivity index is 2.09. The minimum absolute atomic E-state index is 0.117. The van der Waals surface area contributed by atoms with E-state index < -0.39 is 0 Å². The number of piperidine rings is 1. The topological polar surface area (TPSA) is 46.2 Å². The number of nitrogens with one attached hydrogen (secondary N) is 1. The Bertz CT molecular complexity index is 571. The van der Waals surface area contributed by atoms with E-state index in [-0.39, 0.29) is 23.1 Å². The molecular formula is C16H19NO2S. The molecule has 0 aliphatic carbocycles. The minimum Gasteiger partial charge on any atom is -0.296 e. The van der Waals surface area contributed by atoms with E-state index in [0.717, 1.165) is 23.3 Å². The third-order valence-corrected chi connectivity index (χ3v) is 6.12. The summed E-state index contributed by atoms with van der Waals surface area (Å²) in [5, 5.41) is 2.87. The fourth-order valence-electron chi connectivity index (χ4n) is 3.65. The summed E-state index contributed by atoms with van der Waals surface area (Å²) in [4.78, 5) is 24.4. The number of carbonyl (C=O) groups excluding carboxylic acids is 2. The lowest BCUT2D eigenvalue weighted by Crippen LogP contribution is -2.52. The lowest BCUT2D eigenvalue weighted by Gasteiger charge is -2.42. The van der Waals surface area contributed by atoms with E-state index in [4.69, 9.17) is 0 Å². The van der Waals surface area contributed by atoms with E-state index in [2.05, 4.69) is 18.3 Å². The van der Waals surface area contributed by atoms with Gasteiger partial charge in [0.1, 0.15) is 0 Å². The molecule has 3 nitrogen and oxygen atoms in total. The van der Waals surface area contributed by atoms with Crippen molar-refractivity contribution in [3.05, 3.63) is 35.4 Å². The van der Waals surface area contributed by atoms with Crippen LogP contribution < -0.4 is 5.32 Å². The molecule has 2 fully saturated rings. The SMILES string of the molecule is Cc1cccc(C2C(=O)NC(=O)CC23CCSC3C)c1.